The Hall–Kier alpha value is -1.03. The molecule has 106 valence electrons. The molecule has 1 aliphatic heterocycles. The van der Waals surface area contributed by atoms with Crippen LogP contribution in [0.2, 0.25) is 0 Å². The van der Waals surface area contributed by atoms with Crippen molar-refractivity contribution in [2.45, 2.75) is 39.4 Å². The van der Waals surface area contributed by atoms with Gasteiger partial charge in [0.15, 0.2) is 0 Å². The molecule has 0 N–H and O–H groups in total. The van der Waals surface area contributed by atoms with Gasteiger partial charge in [-0.15, -0.1) is 0 Å². The number of rotatable bonds is 1. The van der Waals surface area contributed by atoms with Gasteiger partial charge in [0.1, 0.15) is 0 Å². The van der Waals surface area contributed by atoms with Crippen LogP contribution in [-0.4, -0.2) is 24.2 Å². The Kier molecular flexibility index (Phi) is 3.65. The summed E-state index contributed by atoms with van der Waals surface area (Å²) in [4.78, 5) is 1.51. The van der Waals surface area contributed by atoms with Crippen LogP contribution in [0.5, 0.6) is 0 Å². The van der Waals surface area contributed by atoms with Crippen LogP contribution >= 0.6 is 0 Å². The third-order valence-corrected chi connectivity index (χ3v) is 3.71. The van der Waals surface area contributed by atoms with Gasteiger partial charge in [0, 0.05) is 19.0 Å². The second-order valence-corrected chi connectivity index (χ2v) is 6.40. The Morgan fingerprint density at radius 3 is 2.37 bits per heavy atom. The molecule has 2 rings (SSSR count). The monoisotopic (exact) mass is 271 g/mol. The van der Waals surface area contributed by atoms with Crippen LogP contribution in [0.15, 0.2) is 24.3 Å². The largest absolute Gasteiger partial charge is 0.401 e. The summed E-state index contributed by atoms with van der Waals surface area (Å²) in [6.45, 7) is 6.30. The Bertz CT molecular complexity index is 445. The average Bonchev–Trinajstić information content (AvgIpc) is 2.24. The third kappa shape index (κ3) is 3.50. The lowest BCUT2D eigenvalue weighted by Gasteiger charge is -2.41. The van der Waals surface area contributed by atoms with Gasteiger partial charge in [0.2, 0.25) is 0 Å². The first-order chi connectivity index (χ1) is 8.67. The van der Waals surface area contributed by atoms with Gasteiger partial charge in [-0.05, 0) is 16.5 Å². The number of hydrogen-bond donors (Lipinski definition) is 0. The first kappa shape index (κ1) is 14.4. The Morgan fingerprint density at radius 2 is 1.79 bits per heavy atom. The molecule has 0 spiro atoms. The third-order valence-electron chi connectivity index (χ3n) is 3.71. The van der Waals surface area contributed by atoms with E-state index in [4.69, 9.17) is 0 Å². The van der Waals surface area contributed by atoms with Crippen LogP contribution in [-0.2, 0) is 6.54 Å². The fraction of sp³-hybridized carbons (Fsp3) is 0.600. The molecule has 1 aromatic carbocycles. The van der Waals surface area contributed by atoms with E-state index >= 15 is 0 Å². The molecule has 0 aromatic heterocycles. The molecule has 0 aliphatic carbocycles. The predicted molar refractivity (Wildman–Crippen MR) is 70.0 cm³/mol. The molecule has 0 saturated carbocycles. The van der Waals surface area contributed by atoms with E-state index < -0.39 is 12.7 Å². The Balaban J connectivity index is 2.30. The van der Waals surface area contributed by atoms with E-state index in [1.54, 1.807) is 0 Å². The van der Waals surface area contributed by atoms with Crippen LogP contribution in [0.1, 0.15) is 37.8 Å². The van der Waals surface area contributed by atoms with Crippen molar-refractivity contribution in [2.75, 3.05) is 13.1 Å². The summed E-state index contributed by atoms with van der Waals surface area (Å²) in [5, 5.41) is 0. The summed E-state index contributed by atoms with van der Waals surface area (Å²) in [5.41, 5.74) is 2.19. The molecule has 1 aromatic rings. The van der Waals surface area contributed by atoms with Crippen LogP contribution < -0.4 is 0 Å². The van der Waals surface area contributed by atoms with Gasteiger partial charge in [-0.1, -0.05) is 45.0 Å². The molecule has 4 heteroatoms. The highest BCUT2D eigenvalue weighted by Gasteiger charge is 2.38. The maximum absolute atomic E-state index is 12.6. The summed E-state index contributed by atoms with van der Waals surface area (Å²) in [5.74, 6) is 0.139. The van der Waals surface area contributed by atoms with E-state index in [0.717, 1.165) is 5.56 Å². The Morgan fingerprint density at radius 1 is 1.16 bits per heavy atom. The number of alkyl halides is 3. The summed E-state index contributed by atoms with van der Waals surface area (Å²) >= 11 is 0. The highest BCUT2D eigenvalue weighted by molar-refractivity contribution is 5.34. The van der Waals surface area contributed by atoms with Crippen LogP contribution in [0.3, 0.4) is 0 Å². The zero-order valence-electron chi connectivity index (χ0n) is 11.6. The average molecular weight is 271 g/mol. The SMILES string of the molecule is CC(C)(C)C1CN(CC(F)(F)F)Cc2ccccc21. The minimum Gasteiger partial charge on any atom is -0.290 e. The second kappa shape index (κ2) is 4.82. The number of benzene rings is 1. The maximum Gasteiger partial charge on any atom is 0.401 e. The fourth-order valence-corrected chi connectivity index (χ4v) is 2.79. The number of halogens is 3. The van der Waals surface area contributed by atoms with Gasteiger partial charge in [0.05, 0.1) is 6.54 Å². The lowest BCUT2D eigenvalue weighted by atomic mass is 9.73. The zero-order valence-corrected chi connectivity index (χ0v) is 11.6. The van der Waals surface area contributed by atoms with Gasteiger partial charge in [-0.25, -0.2) is 0 Å². The molecule has 1 nitrogen and oxygen atoms in total. The summed E-state index contributed by atoms with van der Waals surface area (Å²) in [6, 6.07) is 7.86. The highest BCUT2D eigenvalue weighted by Crippen LogP contribution is 2.41. The zero-order chi connectivity index (χ0) is 14.3. The topological polar surface area (TPSA) is 3.24 Å². The molecule has 0 saturated heterocycles. The van der Waals surface area contributed by atoms with Gasteiger partial charge in [-0.2, -0.15) is 13.2 Å². The van der Waals surface area contributed by atoms with Crippen molar-refractivity contribution in [3.63, 3.8) is 0 Å². The summed E-state index contributed by atoms with van der Waals surface area (Å²) < 4.78 is 37.8. The number of nitrogens with zero attached hydrogens (tertiary/aromatic N) is 1. The molecule has 0 radical (unpaired) electrons. The standard InChI is InChI=1S/C15H20F3N/c1-14(2,3)13-9-19(10-15(16,17)18)8-11-6-4-5-7-12(11)13/h4-7,13H,8-10H2,1-3H3. The minimum atomic E-state index is -4.13. The van der Waals surface area contributed by atoms with E-state index in [0.29, 0.717) is 13.1 Å². The fourth-order valence-electron chi connectivity index (χ4n) is 2.79. The first-order valence-corrected chi connectivity index (χ1v) is 6.54. The molecule has 0 amide bonds. The lowest BCUT2D eigenvalue weighted by molar-refractivity contribution is -0.149. The van der Waals surface area contributed by atoms with E-state index in [1.165, 1.54) is 10.5 Å². The van der Waals surface area contributed by atoms with E-state index in [-0.39, 0.29) is 11.3 Å². The summed E-state index contributed by atoms with van der Waals surface area (Å²) in [7, 11) is 0. The van der Waals surface area contributed by atoms with Crippen LogP contribution in [0, 0.1) is 5.41 Å². The van der Waals surface area contributed by atoms with Crippen molar-refractivity contribution >= 4 is 0 Å². The summed E-state index contributed by atoms with van der Waals surface area (Å²) in [6.07, 6.45) is -4.13. The quantitative estimate of drug-likeness (QED) is 0.740. The van der Waals surface area contributed by atoms with Crippen molar-refractivity contribution in [2.24, 2.45) is 5.41 Å². The molecule has 0 bridgehead atoms. The van der Waals surface area contributed by atoms with Crippen molar-refractivity contribution in [3.8, 4) is 0 Å². The van der Waals surface area contributed by atoms with Gasteiger partial charge < -0.3 is 0 Å². The van der Waals surface area contributed by atoms with Crippen molar-refractivity contribution in [3.05, 3.63) is 35.4 Å². The van der Waals surface area contributed by atoms with Crippen LogP contribution in [0.25, 0.3) is 0 Å². The molecule has 1 aliphatic rings. The molecule has 1 heterocycles. The van der Waals surface area contributed by atoms with Crippen molar-refractivity contribution < 1.29 is 13.2 Å². The second-order valence-electron chi connectivity index (χ2n) is 6.40. The Labute approximate surface area is 112 Å². The van der Waals surface area contributed by atoms with Crippen LogP contribution in [0.4, 0.5) is 13.2 Å². The molecule has 0 fully saturated rings. The van der Waals surface area contributed by atoms with Gasteiger partial charge >= 0.3 is 6.18 Å². The number of hydrogen-bond acceptors (Lipinski definition) is 1. The minimum absolute atomic E-state index is 0.0413. The van der Waals surface area contributed by atoms with Gasteiger partial charge in [0.25, 0.3) is 0 Å². The van der Waals surface area contributed by atoms with E-state index in [9.17, 15) is 13.2 Å². The normalized spacial score (nSPS) is 21.3. The lowest BCUT2D eigenvalue weighted by Crippen LogP contribution is -2.42. The first-order valence-electron chi connectivity index (χ1n) is 6.54. The highest BCUT2D eigenvalue weighted by atomic mass is 19.4. The van der Waals surface area contributed by atoms with E-state index in [2.05, 4.69) is 26.8 Å². The number of fused-ring (bicyclic) bond motifs is 1. The van der Waals surface area contributed by atoms with E-state index in [1.807, 2.05) is 18.2 Å². The van der Waals surface area contributed by atoms with Crippen molar-refractivity contribution in [1.29, 1.82) is 0 Å². The molecule has 19 heavy (non-hydrogen) atoms. The molecule has 1 atom stereocenters. The maximum atomic E-state index is 12.6. The van der Waals surface area contributed by atoms with Crippen molar-refractivity contribution in [1.82, 2.24) is 4.90 Å². The molecule has 1 unspecified atom stereocenters. The van der Waals surface area contributed by atoms with Gasteiger partial charge in [-0.3, -0.25) is 4.90 Å². The smallest absolute Gasteiger partial charge is 0.290 e. The predicted octanol–water partition coefficient (Wildman–Crippen LogP) is 4.19. The molecular weight excluding hydrogens is 251 g/mol. The molecular formula is C15H20F3N.